The number of amides is 1. The number of hydrogen-bond acceptors (Lipinski definition) is 7. The van der Waals surface area contributed by atoms with Crippen molar-refractivity contribution >= 4 is 23.9 Å². The van der Waals surface area contributed by atoms with Crippen molar-refractivity contribution in [2.24, 2.45) is 5.41 Å². The minimum atomic E-state index is -0.439. The SMILES string of the molecule is CSNC1C=CCN(C2CCN(c3cc(C)n(C4CC5(C4)CN(C(=O)OC(C)(C)C)C5)n3)C(C)(C)C2)C1. The van der Waals surface area contributed by atoms with Crippen molar-refractivity contribution in [1.29, 1.82) is 0 Å². The standard InChI is InChI=1S/C28H46N6O2S/c1-20-13-24(29-34(20)23-15-28(16-23)18-32(19-28)25(35)36-26(2,3)4)33-12-10-22(14-27(33,5)6)31-11-8-9-21(17-31)30-37-7/h8-9,13,21-23,30H,10-12,14-19H2,1-7H3. The van der Waals surface area contributed by atoms with Crippen LogP contribution >= 0.6 is 11.9 Å². The number of carbonyl (C=O) groups excluding carboxylic acids is 1. The predicted molar refractivity (Wildman–Crippen MR) is 151 cm³/mol. The molecule has 3 aliphatic heterocycles. The van der Waals surface area contributed by atoms with Gasteiger partial charge < -0.3 is 14.5 Å². The molecule has 1 spiro atoms. The summed E-state index contributed by atoms with van der Waals surface area (Å²) in [5.74, 6) is 1.12. The van der Waals surface area contributed by atoms with Gasteiger partial charge in [-0.15, -0.1) is 0 Å². The molecule has 0 radical (unpaired) electrons. The number of nitrogens with one attached hydrogen (secondary N) is 1. The summed E-state index contributed by atoms with van der Waals surface area (Å²) >= 11 is 1.71. The van der Waals surface area contributed by atoms with Gasteiger partial charge in [0.15, 0.2) is 5.82 Å². The number of likely N-dealkylation sites (tertiary alicyclic amines) is 1. The van der Waals surface area contributed by atoms with Gasteiger partial charge >= 0.3 is 6.09 Å². The van der Waals surface area contributed by atoms with Gasteiger partial charge in [-0.05, 0) is 73.5 Å². The summed E-state index contributed by atoms with van der Waals surface area (Å²) in [5, 5.41) is 5.15. The van der Waals surface area contributed by atoms with E-state index in [0.29, 0.717) is 18.1 Å². The van der Waals surface area contributed by atoms with E-state index in [1.165, 1.54) is 12.1 Å². The molecule has 2 unspecified atom stereocenters. The maximum absolute atomic E-state index is 12.4. The number of aromatic nitrogens is 2. The minimum Gasteiger partial charge on any atom is -0.444 e. The van der Waals surface area contributed by atoms with Crippen molar-refractivity contribution in [3.63, 3.8) is 0 Å². The predicted octanol–water partition coefficient (Wildman–Crippen LogP) is 4.62. The van der Waals surface area contributed by atoms with Crippen LogP contribution in [0.1, 0.15) is 72.0 Å². The largest absolute Gasteiger partial charge is 0.444 e. The Bertz CT molecular complexity index is 1020. The second kappa shape index (κ2) is 9.79. The van der Waals surface area contributed by atoms with Crippen LogP contribution in [0.5, 0.6) is 0 Å². The third-order valence-electron chi connectivity index (χ3n) is 8.65. The smallest absolute Gasteiger partial charge is 0.410 e. The summed E-state index contributed by atoms with van der Waals surface area (Å²) in [6.45, 7) is 17.5. The fourth-order valence-electron chi connectivity index (χ4n) is 6.94. The van der Waals surface area contributed by atoms with E-state index in [1.807, 2.05) is 25.7 Å². The number of carbonyl (C=O) groups is 1. The lowest BCUT2D eigenvalue weighted by atomic mass is 9.61. The number of aryl methyl sites for hydroxylation is 1. The van der Waals surface area contributed by atoms with Crippen LogP contribution in [-0.2, 0) is 4.74 Å². The van der Waals surface area contributed by atoms with Crippen LogP contribution in [0.3, 0.4) is 0 Å². The molecule has 1 N–H and O–H groups in total. The molecule has 0 bridgehead atoms. The van der Waals surface area contributed by atoms with Gasteiger partial charge in [0.05, 0.1) is 6.04 Å². The van der Waals surface area contributed by atoms with Crippen molar-refractivity contribution in [1.82, 2.24) is 24.3 Å². The summed E-state index contributed by atoms with van der Waals surface area (Å²) in [5.41, 5.74) is 1.11. The second-order valence-corrected chi connectivity index (χ2v) is 14.1. The molecule has 8 nitrogen and oxygen atoms in total. The van der Waals surface area contributed by atoms with Crippen LogP contribution in [0.2, 0.25) is 0 Å². The Hall–Kier alpha value is -1.71. The van der Waals surface area contributed by atoms with Gasteiger partial charge in [0.2, 0.25) is 0 Å². The molecule has 1 saturated carbocycles. The van der Waals surface area contributed by atoms with Crippen molar-refractivity contribution in [2.45, 2.75) is 96.5 Å². The molecule has 9 heteroatoms. The molecule has 3 fully saturated rings. The maximum atomic E-state index is 12.4. The number of rotatable bonds is 5. The number of nitrogens with zero attached hydrogens (tertiary/aromatic N) is 5. The monoisotopic (exact) mass is 530 g/mol. The molecule has 1 aliphatic carbocycles. The molecule has 1 aromatic heterocycles. The van der Waals surface area contributed by atoms with Gasteiger partial charge in [0, 0.05) is 67.5 Å². The molecule has 4 heterocycles. The molecule has 206 valence electrons. The average Bonchev–Trinajstić information content (AvgIpc) is 3.11. The first-order valence-corrected chi connectivity index (χ1v) is 15.1. The Labute approximate surface area is 227 Å². The molecule has 5 rings (SSSR count). The highest BCUT2D eigenvalue weighted by molar-refractivity contribution is 7.96. The van der Waals surface area contributed by atoms with Crippen molar-refractivity contribution < 1.29 is 9.53 Å². The zero-order valence-electron chi connectivity index (χ0n) is 23.8. The molecule has 1 aromatic rings. The van der Waals surface area contributed by atoms with E-state index in [2.05, 4.69) is 64.4 Å². The number of ether oxygens (including phenoxy) is 1. The van der Waals surface area contributed by atoms with E-state index >= 15 is 0 Å². The first-order chi connectivity index (χ1) is 17.4. The van der Waals surface area contributed by atoms with Crippen LogP contribution in [0.15, 0.2) is 18.2 Å². The van der Waals surface area contributed by atoms with Crippen molar-refractivity contribution in [3.8, 4) is 0 Å². The topological polar surface area (TPSA) is 65.9 Å². The van der Waals surface area contributed by atoms with Crippen LogP contribution < -0.4 is 9.62 Å². The van der Waals surface area contributed by atoms with E-state index in [4.69, 9.17) is 9.84 Å². The summed E-state index contributed by atoms with van der Waals surface area (Å²) in [6, 6.07) is 3.74. The average molecular weight is 531 g/mol. The lowest BCUT2D eigenvalue weighted by molar-refractivity contribution is -0.0930. The van der Waals surface area contributed by atoms with Gasteiger partial charge in [-0.3, -0.25) is 14.3 Å². The van der Waals surface area contributed by atoms with Crippen LogP contribution in [-0.4, -0.2) is 87.9 Å². The van der Waals surface area contributed by atoms with E-state index in [9.17, 15) is 4.79 Å². The van der Waals surface area contributed by atoms with Crippen molar-refractivity contribution in [2.75, 3.05) is 43.9 Å². The third kappa shape index (κ3) is 5.55. The Morgan fingerprint density at radius 1 is 1.19 bits per heavy atom. The second-order valence-electron chi connectivity index (χ2n) is 13.4. The zero-order chi connectivity index (χ0) is 26.6. The Kier molecular flexibility index (Phi) is 7.12. The molecule has 2 atom stereocenters. The molecule has 1 amide bonds. The van der Waals surface area contributed by atoms with Crippen LogP contribution in [0, 0.1) is 12.3 Å². The summed E-state index contributed by atoms with van der Waals surface area (Å²) in [7, 11) is 0. The Balaban J connectivity index is 1.17. The molecular formula is C28H46N6O2S. The molecular weight excluding hydrogens is 484 g/mol. The summed E-state index contributed by atoms with van der Waals surface area (Å²) in [6.07, 6.45) is 11.0. The van der Waals surface area contributed by atoms with Gasteiger partial charge in [0.1, 0.15) is 5.60 Å². The minimum absolute atomic E-state index is 0.0564. The normalized spacial score (nSPS) is 27.8. The molecule has 37 heavy (non-hydrogen) atoms. The number of hydrogen-bond donors (Lipinski definition) is 1. The lowest BCUT2D eigenvalue weighted by Gasteiger charge is -2.58. The Morgan fingerprint density at radius 2 is 1.92 bits per heavy atom. The zero-order valence-corrected chi connectivity index (χ0v) is 24.6. The number of piperidine rings is 1. The first kappa shape index (κ1) is 26.9. The van der Waals surface area contributed by atoms with Gasteiger partial charge in [0.25, 0.3) is 0 Å². The number of anilines is 1. The van der Waals surface area contributed by atoms with E-state index in [1.54, 1.807) is 11.9 Å². The first-order valence-electron chi connectivity index (χ1n) is 13.9. The summed E-state index contributed by atoms with van der Waals surface area (Å²) in [4.78, 5) is 19.4. The highest BCUT2D eigenvalue weighted by Gasteiger charge is 2.55. The van der Waals surface area contributed by atoms with Gasteiger partial charge in [-0.25, -0.2) is 4.79 Å². The Morgan fingerprint density at radius 3 is 2.57 bits per heavy atom. The van der Waals surface area contributed by atoms with E-state index in [-0.39, 0.29) is 17.0 Å². The quantitative estimate of drug-likeness (QED) is 0.440. The van der Waals surface area contributed by atoms with Gasteiger partial charge in [-0.2, -0.15) is 5.10 Å². The van der Waals surface area contributed by atoms with E-state index < -0.39 is 5.60 Å². The maximum Gasteiger partial charge on any atom is 0.410 e. The molecule has 4 aliphatic rings. The third-order valence-corrected chi connectivity index (χ3v) is 9.19. The van der Waals surface area contributed by atoms with Crippen molar-refractivity contribution in [3.05, 3.63) is 23.9 Å². The fourth-order valence-corrected chi connectivity index (χ4v) is 7.40. The van der Waals surface area contributed by atoms with Gasteiger partial charge in [-0.1, -0.05) is 24.1 Å². The van der Waals surface area contributed by atoms with E-state index in [0.717, 1.165) is 57.8 Å². The lowest BCUT2D eigenvalue weighted by Crippen LogP contribution is -2.64. The van der Waals surface area contributed by atoms with Crippen LogP contribution in [0.25, 0.3) is 0 Å². The molecule has 2 saturated heterocycles. The molecule has 0 aromatic carbocycles. The van der Waals surface area contributed by atoms with Crippen LogP contribution in [0.4, 0.5) is 10.6 Å². The highest BCUT2D eigenvalue weighted by atomic mass is 32.2. The highest BCUT2D eigenvalue weighted by Crippen LogP contribution is 2.54. The summed E-state index contributed by atoms with van der Waals surface area (Å²) < 4.78 is 11.3. The fraction of sp³-hybridized carbons (Fsp3) is 0.786.